The van der Waals surface area contributed by atoms with Gasteiger partial charge in [-0.05, 0) is 30.5 Å². The van der Waals surface area contributed by atoms with Crippen molar-refractivity contribution in [2.24, 2.45) is 7.05 Å². The summed E-state index contributed by atoms with van der Waals surface area (Å²) in [5.74, 6) is -11.4. The van der Waals surface area contributed by atoms with E-state index in [-0.39, 0.29) is 26.4 Å². The number of amides is 1. The third kappa shape index (κ3) is 6.76. The number of hydrogen-bond donors (Lipinski definition) is 1. The summed E-state index contributed by atoms with van der Waals surface area (Å²) in [5.41, 5.74) is -3.40. The number of carbonyl (C=O) groups is 1. The van der Waals surface area contributed by atoms with Gasteiger partial charge in [-0.25, -0.2) is 13.8 Å². The molecule has 1 aromatic carbocycles. The van der Waals surface area contributed by atoms with E-state index in [1.54, 1.807) is 0 Å². The van der Waals surface area contributed by atoms with E-state index in [9.17, 15) is 67.1 Å². The standard InChI is InChI=1S/C24H14ClF13N6O3/c1-43-17(44-8-11(7-40-44)10-2-3-13(25)12(6-10)15(45)41-19(9-39)4-5-19)14(20(27,28)29)16(42-43)46-21(30,31)18(26)47-24(37,38)22(32,33)23(34,35)36/h2-3,6-8,18H,4-5H2,1H3,(H,41,45). The van der Waals surface area contributed by atoms with Gasteiger partial charge in [0.2, 0.25) is 0 Å². The second kappa shape index (κ2) is 11.5. The molecule has 1 N–H and O–H groups in total. The van der Waals surface area contributed by atoms with E-state index in [4.69, 9.17) is 11.6 Å². The molecule has 1 saturated carbocycles. The van der Waals surface area contributed by atoms with Crippen LogP contribution in [0.15, 0.2) is 30.6 Å². The van der Waals surface area contributed by atoms with Crippen molar-refractivity contribution in [2.45, 2.75) is 55.2 Å². The summed E-state index contributed by atoms with van der Waals surface area (Å²) in [6, 6.07) is 5.66. The largest absolute Gasteiger partial charge is 0.462 e. The second-order valence-electron chi connectivity index (χ2n) is 9.83. The minimum Gasteiger partial charge on any atom is -0.408 e. The highest BCUT2D eigenvalue weighted by molar-refractivity contribution is 6.34. The van der Waals surface area contributed by atoms with Crippen molar-refractivity contribution in [2.75, 3.05) is 0 Å². The number of carbonyl (C=O) groups excluding carboxylic acids is 1. The normalized spacial score (nSPS) is 16.0. The van der Waals surface area contributed by atoms with Crippen molar-refractivity contribution < 1.29 is 71.3 Å². The number of aryl methyl sites for hydroxylation is 1. The number of ether oxygens (including phenoxy) is 2. The first-order valence-corrected chi connectivity index (χ1v) is 12.7. The molecule has 256 valence electrons. The van der Waals surface area contributed by atoms with Crippen molar-refractivity contribution in [1.29, 1.82) is 5.26 Å². The van der Waals surface area contributed by atoms with Crippen LogP contribution in [-0.4, -0.2) is 61.7 Å². The van der Waals surface area contributed by atoms with Gasteiger partial charge < -0.3 is 10.1 Å². The predicted octanol–water partition coefficient (Wildman–Crippen LogP) is 6.81. The summed E-state index contributed by atoms with van der Waals surface area (Å²) in [5, 5.41) is 18.3. The van der Waals surface area contributed by atoms with E-state index in [0.717, 1.165) is 12.4 Å². The maximum atomic E-state index is 14.2. The number of alkyl halides is 13. The minimum absolute atomic E-state index is 0.0238. The zero-order valence-corrected chi connectivity index (χ0v) is 23.4. The summed E-state index contributed by atoms with van der Waals surface area (Å²) in [4.78, 5) is 12.7. The lowest BCUT2D eigenvalue weighted by atomic mass is 10.1. The van der Waals surface area contributed by atoms with Gasteiger partial charge in [0.15, 0.2) is 11.4 Å². The Balaban J connectivity index is 1.66. The van der Waals surface area contributed by atoms with Gasteiger partial charge >= 0.3 is 36.9 Å². The lowest BCUT2D eigenvalue weighted by molar-refractivity contribution is -0.460. The van der Waals surface area contributed by atoms with Crippen molar-refractivity contribution >= 4 is 17.5 Å². The van der Waals surface area contributed by atoms with Crippen LogP contribution in [-0.2, 0) is 18.0 Å². The molecule has 0 saturated heterocycles. The summed E-state index contributed by atoms with van der Waals surface area (Å²) >= 11 is 6.08. The number of nitrogens with one attached hydrogen (secondary N) is 1. The van der Waals surface area contributed by atoms with Gasteiger partial charge in [-0.2, -0.15) is 63.0 Å². The van der Waals surface area contributed by atoms with Gasteiger partial charge in [-0.3, -0.25) is 9.53 Å². The lowest BCUT2D eigenvalue weighted by Crippen LogP contribution is -2.56. The predicted molar refractivity (Wildman–Crippen MR) is 128 cm³/mol. The van der Waals surface area contributed by atoms with Crippen LogP contribution in [0.25, 0.3) is 16.9 Å². The highest BCUT2D eigenvalue weighted by Crippen LogP contribution is 2.49. The lowest BCUT2D eigenvalue weighted by Gasteiger charge is -2.30. The monoisotopic (exact) mass is 716 g/mol. The number of rotatable bonds is 10. The molecule has 0 spiro atoms. The third-order valence-corrected chi connectivity index (χ3v) is 6.73. The smallest absolute Gasteiger partial charge is 0.408 e. The number of aromatic nitrogens is 4. The van der Waals surface area contributed by atoms with Crippen LogP contribution in [0.2, 0.25) is 5.02 Å². The van der Waals surface area contributed by atoms with Gasteiger partial charge in [0.25, 0.3) is 11.8 Å². The Morgan fingerprint density at radius 1 is 1.06 bits per heavy atom. The summed E-state index contributed by atoms with van der Waals surface area (Å²) in [6.07, 6.45) is -28.5. The van der Waals surface area contributed by atoms with E-state index in [1.165, 1.54) is 18.2 Å². The van der Waals surface area contributed by atoms with Gasteiger partial charge in [0.1, 0.15) is 5.54 Å². The van der Waals surface area contributed by atoms with Crippen LogP contribution in [0.5, 0.6) is 5.88 Å². The van der Waals surface area contributed by atoms with Crippen LogP contribution in [0.4, 0.5) is 57.1 Å². The maximum Gasteiger partial charge on any atom is 0.462 e. The molecule has 2 aromatic heterocycles. The Morgan fingerprint density at radius 2 is 1.68 bits per heavy atom. The summed E-state index contributed by atoms with van der Waals surface area (Å²) in [7, 11) is 0.700. The van der Waals surface area contributed by atoms with Gasteiger partial charge in [-0.15, -0.1) is 5.10 Å². The van der Waals surface area contributed by atoms with Crippen LogP contribution < -0.4 is 10.1 Å². The third-order valence-electron chi connectivity index (χ3n) is 6.40. The molecule has 4 rings (SSSR count). The maximum absolute atomic E-state index is 14.2. The van der Waals surface area contributed by atoms with E-state index < -0.39 is 65.6 Å². The number of nitrogens with zero attached hydrogens (tertiary/aromatic N) is 5. The van der Waals surface area contributed by atoms with E-state index in [2.05, 4.69) is 25.0 Å². The Labute approximate surface area is 257 Å². The Morgan fingerprint density at radius 3 is 2.21 bits per heavy atom. The second-order valence-corrected chi connectivity index (χ2v) is 10.2. The fourth-order valence-corrected chi connectivity index (χ4v) is 4.03. The molecule has 0 bridgehead atoms. The molecule has 23 heteroatoms. The van der Waals surface area contributed by atoms with Crippen molar-refractivity contribution in [1.82, 2.24) is 24.9 Å². The molecule has 9 nitrogen and oxygen atoms in total. The highest BCUT2D eigenvalue weighted by Gasteiger charge is 2.76. The SMILES string of the molecule is Cn1nc(OC(F)(F)C(F)OC(F)(F)C(F)(F)C(F)(F)F)c(C(F)(F)F)c1-n1cc(-c2ccc(Cl)c(C(=O)NC3(C#N)CC3)c2)cn1. The summed E-state index contributed by atoms with van der Waals surface area (Å²) < 4.78 is 180. The quantitative estimate of drug-likeness (QED) is 0.231. The molecular formula is C24H14ClF13N6O3. The molecular weight excluding hydrogens is 703 g/mol. The zero-order valence-electron chi connectivity index (χ0n) is 22.6. The molecule has 1 fully saturated rings. The Kier molecular flexibility index (Phi) is 8.68. The summed E-state index contributed by atoms with van der Waals surface area (Å²) in [6.45, 7) is 0. The molecule has 47 heavy (non-hydrogen) atoms. The van der Waals surface area contributed by atoms with Gasteiger partial charge in [-0.1, -0.05) is 17.7 Å². The van der Waals surface area contributed by atoms with Crippen LogP contribution in [0.1, 0.15) is 28.8 Å². The molecule has 0 aliphatic heterocycles. The Bertz CT molecular complexity index is 1720. The van der Waals surface area contributed by atoms with E-state index >= 15 is 0 Å². The van der Waals surface area contributed by atoms with Crippen LogP contribution >= 0.6 is 11.6 Å². The number of halogens is 14. The van der Waals surface area contributed by atoms with E-state index in [0.29, 0.717) is 24.6 Å². The fourth-order valence-electron chi connectivity index (χ4n) is 3.83. The average Bonchev–Trinajstić information content (AvgIpc) is 3.38. The minimum atomic E-state index is -7.21. The topological polar surface area (TPSA) is 107 Å². The Hall–Kier alpha value is -4.26. The fraction of sp³-hybridized carbons (Fsp3) is 0.417. The molecule has 1 aliphatic rings. The molecule has 0 radical (unpaired) electrons. The van der Waals surface area contributed by atoms with Gasteiger partial charge in [0, 0.05) is 18.8 Å². The average molecular weight is 717 g/mol. The first-order valence-electron chi connectivity index (χ1n) is 12.3. The first kappa shape index (κ1) is 35.6. The number of hydrogen-bond acceptors (Lipinski definition) is 6. The zero-order chi connectivity index (χ0) is 35.5. The highest BCUT2D eigenvalue weighted by atomic mass is 35.5. The molecule has 3 aromatic rings. The molecule has 1 atom stereocenters. The molecule has 1 unspecified atom stereocenters. The molecule has 2 heterocycles. The van der Waals surface area contributed by atoms with E-state index in [1.807, 2.05) is 6.07 Å². The van der Waals surface area contributed by atoms with Gasteiger partial charge in [0.05, 0.1) is 22.9 Å². The van der Waals surface area contributed by atoms with Crippen molar-refractivity contribution in [3.05, 3.63) is 46.7 Å². The van der Waals surface area contributed by atoms with Crippen molar-refractivity contribution in [3.8, 4) is 28.9 Å². The number of benzene rings is 1. The number of nitriles is 1. The molecule has 1 aliphatic carbocycles. The van der Waals surface area contributed by atoms with Crippen molar-refractivity contribution in [3.63, 3.8) is 0 Å². The van der Waals surface area contributed by atoms with Crippen LogP contribution in [0, 0.1) is 11.3 Å². The van der Waals surface area contributed by atoms with Crippen LogP contribution in [0.3, 0.4) is 0 Å². The molecule has 1 amide bonds. The first-order chi connectivity index (χ1) is 21.4.